The molecule has 23 heavy (non-hydrogen) atoms. The third-order valence-corrected chi connectivity index (χ3v) is 4.37. The molecule has 0 bridgehead atoms. The second kappa shape index (κ2) is 6.68. The quantitative estimate of drug-likeness (QED) is 0.918. The zero-order chi connectivity index (χ0) is 16.4. The van der Waals surface area contributed by atoms with E-state index < -0.39 is 12.7 Å². The van der Waals surface area contributed by atoms with Crippen molar-refractivity contribution in [1.29, 1.82) is 0 Å². The topological polar surface area (TPSA) is 37.6 Å². The van der Waals surface area contributed by atoms with Gasteiger partial charge >= 0.3 is 6.61 Å². The van der Waals surface area contributed by atoms with Gasteiger partial charge in [0.1, 0.15) is 5.75 Å². The highest BCUT2D eigenvalue weighted by atomic mass is 19.3. The normalized spacial score (nSPS) is 19.6. The highest BCUT2D eigenvalue weighted by Gasteiger charge is 2.25. The molecular formula is C17H20F2N2O2. The minimum atomic E-state index is -2.84. The maximum atomic E-state index is 12.1. The van der Waals surface area contributed by atoms with Gasteiger partial charge in [0, 0.05) is 37.6 Å². The van der Waals surface area contributed by atoms with Crippen LogP contribution in [0.15, 0.2) is 42.6 Å². The maximum Gasteiger partial charge on any atom is 0.387 e. The van der Waals surface area contributed by atoms with Crippen LogP contribution in [-0.2, 0) is 6.54 Å². The Labute approximate surface area is 133 Å². The Morgan fingerprint density at radius 2 is 1.96 bits per heavy atom. The summed E-state index contributed by atoms with van der Waals surface area (Å²) in [6.07, 6.45) is 1.40. The highest BCUT2D eigenvalue weighted by Crippen LogP contribution is 2.28. The van der Waals surface area contributed by atoms with Crippen LogP contribution in [0.4, 0.5) is 8.78 Å². The molecule has 2 atom stereocenters. The van der Waals surface area contributed by atoms with Crippen molar-refractivity contribution < 1.29 is 18.6 Å². The summed E-state index contributed by atoms with van der Waals surface area (Å²) in [5.41, 5.74) is 1.93. The zero-order valence-corrected chi connectivity index (χ0v) is 12.9. The van der Waals surface area contributed by atoms with Gasteiger partial charge in [-0.15, -0.1) is 0 Å². The average molecular weight is 322 g/mol. The van der Waals surface area contributed by atoms with E-state index in [1.165, 1.54) is 17.8 Å². The van der Waals surface area contributed by atoms with Crippen LogP contribution in [-0.4, -0.2) is 34.3 Å². The molecule has 1 aromatic heterocycles. The lowest BCUT2D eigenvalue weighted by Gasteiger charge is -2.36. The van der Waals surface area contributed by atoms with Crippen molar-refractivity contribution in [2.24, 2.45) is 0 Å². The predicted molar refractivity (Wildman–Crippen MR) is 82.5 cm³/mol. The van der Waals surface area contributed by atoms with Crippen molar-refractivity contribution >= 4 is 0 Å². The molecule has 124 valence electrons. The molecule has 3 rings (SSSR count). The third kappa shape index (κ3) is 3.54. The fourth-order valence-corrected chi connectivity index (χ4v) is 3.08. The standard InChI is InChI=1S/C17H20F2N2O2/c1-12-15-3-2-8-20(15)9-10-21(12)11-16(22)13-4-6-14(7-5-13)23-17(18)19/h2-8,12,16-17,22H,9-11H2,1H3/t12-,16+/m1/s1. The Morgan fingerprint density at radius 3 is 2.65 bits per heavy atom. The molecular weight excluding hydrogens is 302 g/mol. The molecule has 0 amide bonds. The van der Waals surface area contributed by atoms with Gasteiger partial charge in [0.25, 0.3) is 0 Å². The number of alkyl halides is 2. The summed E-state index contributed by atoms with van der Waals surface area (Å²) in [5.74, 6) is 0.0973. The van der Waals surface area contributed by atoms with Crippen LogP contribution in [0, 0.1) is 0 Å². The first-order chi connectivity index (χ1) is 11.0. The molecule has 0 spiro atoms. The number of aliphatic hydroxyl groups is 1. The third-order valence-electron chi connectivity index (χ3n) is 4.37. The first-order valence-electron chi connectivity index (χ1n) is 7.66. The lowest BCUT2D eigenvalue weighted by Crippen LogP contribution is -2.38. The van der Waals surface area contributed by atoms with Gasteiger partial charge in [0.2, 0.25) is 0 Å². The van der Waals surface area contributed by atoms with E-state index in [1.54, 1.807) is 12.1 Å². The second-order valence-electron chi connectivity index (χ2n) is 5.76. The number of β-amino-alcohol motifs (C(OH)–C–C–N with tert-alkyl or cyclic N) is 1. The van der Waals surface area contributed by atoms with Crippen LogP contribution in [0.1, 0.15) is 30.3 Å². The molecule has 0 saturated carbocycles. The van der Waals surface area contributed by atoms with Gasteiger partial charge in [-0.3, -0.25) is 4.90 Å². The molecule has 2 heterocycles. The molecule has 0 aliphatic carbocycles. The molecule has 1 N–H and O–H groups in total. The number of hydrogen-bond acceptors (Lipinski definition) is 3. The molecule has 2 aromatic rings. The van der Waals surface area contributed by atoms with Crippen molar-refractivity contribution in [2.45, 2.75) is 32.2 Å². The van der Waals surface area contributed by atoms with Gasteiger partial charge in [-0.25, -0.2) is 0 Å². The van der Waals surface area contributed by atoms with Crippen LogP contribution in [0.3, 0.4) is 0 Å². The monoisotopic (exact) mass is 322 g/mol. The van der Waals surface area contributed by atoms with Gasteiger partial charge in [-0.1, -0.05) is 12.1 Å². The van der Waals surface area contributed by atoms with Crippen molar-refractivity contribution in [3.63, 3.8) is 0 Å². The SMILES string of the molecule is C[C@@H]1c2cccn2CCN1C[C@H](O)c1ccc(OC(F)F)cc1. The molecule has 0 unspecified atom stereocenters. The molecule has 0 radical (unpaired) electrons. The van der Waals surface area contributed by atoms with E-state index in [9.17, 15) is 13.9 Å². The van der Waals surface area contributed by atoms with Crippen molar-refractivity contribution in [2.75, 3.05) is 13.1 Å². The van der Waals surface area contributed by atoms with E-state index in [1.807, 2.05) is 6.07 Å². The van der Waals surface area contributed by atoms with E-state index in [4.69, 9.17) is 0 Å². The average Bonchev–Trinajstić information content (AvgIpc) is 2.99. The van der Waals surface area contributed by atoms with E-state index >= 15 is 0 Å². The first kappa shape index (κ1) is 16.0. The van der Waals surface area contributed by atoms with Crippen LogP contribution in [0.2, 0.25) is 0 Å². The van der Waals surface area contributed by atoms with E-state index in [0.29, 0.717) is 12.1 Å². The number of fused-ring (bicyclic) bond motifs is 1. The summed E-state index contributed by atoms with van der Waals surface area (Å²) in [6.45, 7) is 1.56. The van der Waals surface area contributed by atoms with Crippen LogP contribution < -0.4 is 4.74 Å². The molecule has 6 heteroatoms. The summed E-state index contributed by atoms with van der Waals surface area (Å²) in [6, 6.07) is 10.5. The lowest BCUT2D eigenvalue weighted by atomic mass is 10.1. The predicted octanol–water partition coefficient (Wildman–Crippen LogP) is 3.20. The summed E-state index contributed by atoms with van der Waals surface area (Å²) in [4.78, 5) is 2.23. The second-order valence-corrected chi connectivity index (χ2v) is 5.76. The molecule has 0 saturated heterocycles. The van der Waals surface area contributed by atoms with E-state index in [-0.39, 0.29) is 11.8 Å². The van der Waals surface area contributed by atoms with Gasteiger partial charge < -0.3 is 14.4 Å². The summed E-state index contributed by atoms with van der Waals surface area (Å²) >= 11 is 0. The number of hydrogen-bond donors (Lipinski definition) is 1. The number of rotatable bonds is 5. The number of nitrogens with zero attached hydrogens (tertiary/aromatic N) is 2. The van der Waals surface area contributed by atoms with Gasteiger partial charge in [0.15, 0.2) is 0 Å². The Morgan fingerprint density at radius 1 is 1.22 bits per heavy atom. The molecule has 4 nitrogen and oxygen atoms in total. The number of benzene rings is 1. The van der Waals surface area contributed by atoms with Gasteiger partial charge in [-0.2, -0.15) is 8.78 Å². The summed E-state index contributed by atoms with van der Waals surface area (Å²) < 4.78 is 30.8. The van der Waals surface area contributed by atoms with Crippen LogP contribution in [0.5, 0.6) is 5.75 Å². The van der Waals surface area contributed by atoms with Crippen LogP contribution in [0.25, 0.3) is 0 Å². The smallest absolute Gasteiger partial charge is 0.387 e. The Balaban J connectivity index is 1.64. The Hall–Kier alpha value is -1.92. The number of aliphatic hydroxyl groups excluding tert-OH is 1. The van der Waals surface area contributed by atoms with E-state index in [2.05, 4.69) is 33.4 Å². The largest absolute Gasteiger partial charge is 0.435 e. The minimum absolute atomic E-state index is 0.0973. The summed E-state index contributed by atoms with van der Waals surface area (Å²) in [7, 11) is 0. The van der Waals surface area contributed by atoms with Gasteiger partial charge in [-0.05, 0) is 36.8 Å². The number of halogens is 2. The maximum absolute atomic E-state index is 12.1. The fourth-order valence-electron chi connectivity index (χ4n) is 3.08. The van der Waals surface area contributed by atoms with E-state index in [0.717, 1.165) is 13.1 Å². The minimum Gasteiger partial charge on any atom is -0.435 e. The van der Waals surface area contributed by atoms with Crippen molar-refractivity contribution in [3.05, 3.63) is 53.9 Å². The van der Waals surface area contributed by atoms with Crippen LogP contribution >= 0.6 is 0 Å². The fraction of sp³-hybridized carbons (Fsp3) is 0.412. The van der Waals surface area contributed by atoms with Crippen molar-refractivity contribution in [3.8, 4) is 5.75 Å². The Kier molecular flexibility index (Phi) is 4.63. The summed E-state index contributed by atoms with van der Waals surface area (Å²) in [5, 5.41) is 10.4. The van der Waals surface area contributed by atoms with Gasteiger partial charge in [0.05, 0.1) is 6.10 Å². The number of aromatic nitrogens is 1. The first-order valence-corrected chi connectivity index (χ1v) is 7.66. The zero-order valence-electron chi connectivity index (χ0n) is 12.9. The molecule has 1 aliphatic heterocycles. The number of ether oxygens (including phenoxy) is 1. The highest BCUT2D eigenvalue weighted by molar-refractivity contribution is 5.28. The van der Waals surface area contributed by atoms with Crippen molar-refractivity contribution in [1.82, 2.24) is 9.47 Å². The molecule has 1 aromatic carbocycles. The molecule has 0 fully saturated rings. The Bertz CT molecular complexity index is 642. The molecule has 1 aliphatic rings. The lowest BCUT2D eigenvalue weighted by molar-refractivity contribution is -0.0498.